The molecule has 13 heavy (non-hydrogen) atoms. The third-order valence-corrected chi connectivity index (χ3v) is 3.84. The maximum absolute atomic E-state index is 13.4. The lowest BCUT2D eigenvalue weighted by molar-refractivity contribution is 0.0860. The summed E-state index contributed by atoms with van der Waals surface area (Å²) in [6.07, 6.45) is 2.98. The fourth-order valence-electron chi connectivity index (χ4n) is 2.14. The van der Waals surface area contributed by atoms with Crippen LogP contribution in [0.15, 0.2) is 0 Å². The Kier molecular flexibility index (Phi) is 3.33. The molecule has 1 aliphatic carbocycles. The molecule has 0 aromatic heterocycles. The molecule has 2 heteroatoms. The zero-order valence-corrected chi connectivity index (χ0v) is 9.02. The van der Waals surface area contributed by atoms with Gasteiger partial charge in [-0.05, 0) is 30.6 Å². The Labute approximate surface area is 80.9 Å². The highest BCUT2D eigenvalue weighted by Crippen LogP contribution is 2.40. The van der Waals surface area contributed by atoms with Crippen LogP contribution < -0.4 is 5.73 Å². The van der Waals surface area contributed by atoms with Crippen LogP contribution in [0.25, 0.3) is 0 Å². The molecule has 0 radical (unpaired) electrons. The quantitative estimate of drug-likeness (QED) is 0.706. The van der Waals surface area contributed by atoms with Gasteiger partial charge in [-0.1, -0.05) is 27.2 Å². The lowest BCUT2D eigenvalue weighted by Crippen LogP contribution is -2.41. The van der Waals surface area contributed by atoms with Gasteiger partial charge in [-0.3, -0.25) is 0 Å². The van der Waals surface area contributed by atoms with E-state index in [1.54, 1.807) is 0 Å². The number of nitrogens with two attached hydrogens (primary N) is 1. The van der Waals surface area contributed by atoms with Gasteiger partial charge in [0.1, 0.15) is 6.17 Å². The van der Waals surface area contributed by atoms with E-state index in [-0.39, 0.29) is 11.5 Å². The van der Waals surface area contributed by atoms with Crippen LogP contribution in [0.4, 0.5) is 4.39 Å². The fraction of sp³-hybridized carbons (Fsp3) is 1.00. The highest BCUT2D eigenvalue weighted by Gasteiger charge is 2.35. The van der Waals surface area contributed by atoms with Crippen molar-refractivity contribution in [2.75, 3.05) is 0 Å². The minimum atomic E-state index is -0.774. The van der Waals surface area contributed by atoms with E-state index in [1.807, 2.05) is 0 Å². The maximum atomic E-state index is 13.4. The van der Waals surface area contributed by atoms with Gasteiger partial charge in [0.25, 0.3) is 0 Å². The molecule has 0 amide bonds. The number of alkyl halides is 1. The number of hydrogen-bond acceptors (Lipinski definition) is 1. The van der Waals surface area contributed by atoms with Crippen molar-refractivity contribution < 1.29 is 4.39 Å². The average Bonchev–Trinajstić information content (AvgIpc) is 2.09. The number of rotatable bonds is 2. The van der Waals surface area contributed by atoms with E-state index in [2.05, 4.69) is 20.8 Å². The third kappa shape index (κ3) is 2.43. The summed E-state index contributed by atoms with van der Waals surface area (Å²) in [7, 11) is 0. The van der Waals surface area contributed by atoms with Crippen LogP contribution in [0.1, 0.15) is 46.5 Å². The normalized spacial score (nSPS) is 36.2. The minimum absolute atomic E-state index is 0.205. The number of halogens is 1. The summed E-state index contributed by atoms with van der Waals surface area (Å²) in [6, 6.07) is -0.205. The Bertz CT molecular complexity index is 167. The van der Waals surface area contributed by atoms with Crippen molar-refractivity contribution in [3.05, 3.63) is 0 Å². The topological polar surface area (TPSA) is 26.0 Å². The second-order valence-corrected chi connectivity index (χ2v) is 5.03. The average molecular weight is 187 g/mol. The highest BCUT2D eigenvalue weighted by molar-refractivity contribution is 4.88. The smallest absolute Gasteiger partial charge is 0.115 e. The molecule has 78 valence electrons. The lowest BCUT2D eigenvalue weighted by atomic mass is 9.68. The standard InChI is InChI=1S/C11H22FN/c1-4-11(2,3)8-5-6-10(13)9(12)7-8/h8-10H,4-7,13H2,1-3H3. The molecule has 1 aliphatic rings. The molecule has 3 unspecified atom stereocenters. The first-order valence-electron chi connectivity index (χ1n) is 5.37. The van der Waals surface area contributed by atoms with E-state index >= 15 is 0 Å². The minimum Gasteiger partial charge on any atom is -0.325 e. The van der Waals surface area contributed by atoms with E-state index in [4.69, 9.17) is 5.73 Å². The summed E-state index contributed by atoms with van der Waals surface area (Å²) < 4.78 is 13.4. The summed E-state index contributed by atoms with van der Waals surface area (Å²) in [6.45, 7) is 6.66. The SMILES string of the molecule is CCC(C)(C)C1CCC(N)C(F)C1. The van der Waals surface area contributed by atoms with Crippen LogP contribution in [0.5, 0.6) is 0 Å². The Hall–Kier alpha value is -0.110. The monoisotopic (exact) mass is 187 g/mol. The Morgan fingerprint density at radius 2 is 2.00 bits per heavy atom. The summed E-state index contributed by atoms with van der Waals surface area (Å²) in [5.41, 5.74) is 5.93. The second-order valence-electron chi connectivity index (χ2n) is 5.03. The Morgan fingerprint density at radius 3 is 2.46 bits per heavy atom. The van der Waals surface area contributed by atoms with Gasteiger partial charge in [0, 0.05) is 6.04 Å². The van der Waals surface area contributed by atoms with E-state index in [0.29, 0.717) is 12.3 Å². The van der Waals surface area contributed by atoms with E-state index in [9.17, 15) is 4.39 Å². The Balaban J connectivity index is 2.55. The molecule has 1 nitrogen and oxygen atoms in total. The molecule has 1 fully saturated rings. The van der Waals surface area contributed by atoms with Crippen LogP contribution in [-0.4, -0.2) is 12.2 Å². The Morgan fingerprint density at radius 1 is 1.38 bits per heavy atom. The predicted molar refractivity (Wildman–Crippen MR) is 54.3 cm³/mol. The van der Waals surface area contributed by atoms with Crippen molar-refractivity contribution in [1.82, 2.24) is 0 Å². The first-order valence-corrected chi connectivity index (χ1v) is 5.37. The summed E-state index contributed by atoms with van der Waals surface area (Å²) >= 11 is 0. The largest absolute Gasteiger partial charge is 0.325 e. The van der Waals surface area contributed by atoms with Crippen LogP contribution in [0.3, 0.4) is 0 Å². The molecule has 0 spiro atoms. The highest BCUT2D eigenvalue weighted by atomic mass is 19.1. The third-order valence-electron chi connectivity index (χ3n) is 3.84. The van der Waals surface area contributed by atoms with Crippen LogP contribution >= 0.6 is 0 Å². The fourth-order valence-corrected chi connectivity index (χ4v) is 2.14. The lowest BCUT2D eigenvalue weighted by Gasteiger charge is -2.39. The summed E-state index contributed by atoms with van der Waals surface area (Å²) in [4.78, 5) is 0. The van der Waals surface area contributed by atoms with Crippen molar-refractivity contribution >= 4 is 0 Å². The second kappa shape index (κ2) is 3.95. The molecule has 1 rings (SSSR count). The molecular weight excluding hydrogens is 165 g/mol. The van der Waals surface area contributed by atoms with Crippen molar-refractivity contribution in [2.45, 2.75) is 58.7 Å². The van der Waals surface area contributed by atoms with Crippen molar-refractivity contribution in [3.8, 4) is 0 Å². The molecule has 2 N–H and O–H groups in total. The van der Waals surface area contributed by atoms with E-state index in [0.717, 1.165) is 19.3 Å². The van der Waals surface area contributed by atoms with Crippen LogP contribution in [-0.2, 0) is 0 Å². The summed E-state index contributed by atoms with van der Waals surface area (Å²) in [5.74, 6) is 0.521. The molecule has 1 saturated carbocycles. The van der Waals surface area contributed by atoms with Crippen molar-refractivity contribution in [1.29, 1.82) is 0 Å². The van der Waals surface area contributed by atoms with Gasteiger partial charge in [-0.25, -0.2) is 4.39 Å². The van der Waals surface area contributed by atoms with E-state index in [1.165, 1.54) is 0 Å². The van der Waals surface area contributed by atoms with Gasteiger partial charge >= 0.3 is 0 Å². The molecular formula is C11H22FN. The molecule has 0 aromatic rings. The molecule has 0 bridgehead atoms. The van der Waals surface area contributed by atoms with Gasteiger partial charge in [-0.2, -0.15) is 0 Å². The van der Waals surface area contributed by atoms with Gasteiger partial charge in [0.15, 0.2) is 0 Å². The van der Waals surface area contributed by atoms with Gasteiger partial charge in [0.2, 0.25) is 0 Å². The molecule has 0 saturated heterocycles. The van der Waals surface area contributed by atoms with Gasteiger partial charge in [-0.15, -0.1) is 0 Å². The van der Waals surface area contributed by atoms with E-state index < -0.39 is 6.17 Å². The van der Waals surface area contributed by atoms with Gasteiger partial charge in [0.05, 0.1) is 0 Å². The molecule has 0 aliphatic heterocycles. The maximum Gasteiger partial charge on any atom is 0.115 e. The zero-order chi connectivity index (χ0) is 10.1. The zero-order valence-electron chi connectivity index (χ0n) is 9.02. The molecule has 3 atom stereocenters. The van der Waals surface area contributed by atoms with Crippen molar-refractivity contribution in [2.24, 2.45) is 17.1 Å². The number of hydrogen-bond donors (Lipinski definition) is 1. The predicted octanol–water partition coefficient (Wildman–Crippen LogP) is 2.89. The first kappa shape index (κ1) is 11.0. The van der Waals surface area contributed by atoms with Crippen molar-refractivity contribution in [3.63, 3.8) is 0 Å². The molecule has 0 heterocycles. The molecule has 0 aromatic carbocycles. The first-order chi connectivity index (χ1) is 5.97. The van der Waals surface area contributed by atoms with Crippen LogP contribution in [0, 0.1) is 11.3 Å². The summed E-state index contributed by atoms with van der Waals surface area (Å²) in [5, 5.41) is 0. The van der Waals surface area contributed by atoms with Crippen LogP contribution in [0.2, 0.25) is 0 Å². The van der Waals surface area contributed by atoms with Gasteiger partial charge < -0.3 is 5.73 Å².